The fourth-order valence-corrected chi connectivity index (χ4v) is 2.64. The Morgan fingerprint density at radius 3 is 3.00 bits per heavy atom. The van der Waals surface area contributed by atoms with Crippen molar-refractivity contribution in [3.05, 3.63) is 29.3 Å². The molecule has 0 spiro atoms. The molecule has 1 aliphatic heterocycles. The minimum absolute atomic E-state index is 0.0611. The molecular weight excluding hydrogens is 252 g/mol. The number of ether oxygens (including phenoxy) is 1. The van der Waals surface area contributed by atoms with Gasteiger partial charge in [0.1, 0.15) is 0 Å². The number of morpholine rings is 1. The smallest absolute Gasteiger partial charge is 0.0980 e. The first-order valence-electron chi connectivity index (χ1n) is 7.52. The summed E-state index contributed by atoms with van der Waals surface area (Å²) in [4.78, 5) is 2.31. The standard InChI is InChI=1S/C16H26N2O2/c1-3-6-17-10-14-4-5-16(13(2)9-14)18-7-8-20-15(11-18)12-19/h4-5,9,15,17,19H,3,6-8,10-12H2,1-2H3. The molecule has 1 heterocycles. The molecule has 2 rings (SSSR count). The van der Waals surface area contributed by atoms with E-state index in [4.69, 9.17) is 4.74 Å². The van der Waals surface area contributed by atoms with E-state index in [9.17, 15) is 5.11 Å². The molecule has 1 fully saturated rings. The van der Waals surface area contributed by atoms with Gasteiger partial charge in [0.15, 0.2) is 0 Å². The quantitative estimate of drug-likeness (QED) is 0.777. The molecule has 1 atom stereocenters. The highest BCUT2D eigenvalue weighted by molar-refractivity contribution is 5.54. The number of anilines is 1. The molecule has 1 aromatic carbocycles. The van der Waals surface area contributed by atoms with E-state index < -0.39 is 0 Å². The van der Waals surface area contributed by atoms with Crippen molar-refractivity contribution >= 4 is 5.69 Å². The Hall–Kier alpha value is -1.10. The van der Waals surface area contributed by atoms with Crippen LogP contribution in [0.15, 0.2) is 18.2 Å². The maximum atomic E-state index is 9.23. The number of aliphatic hydroxyl groups is 1. The molecule has 4 nitrogen and oxygen atoms in total. The summed E-state index contributed by atoms with van der Waals surface area (Å²) in [6.07, 6.45) is 1.10. The lowest BCUT2D eigenvalue weighted by atomic mass is 10.1. The summed E-state index contributed by atoms with van der Waals surface area (Å²) in [7, 11) is 0. The van der Waals surface area contributed by atoms with Gasteiger partial charge in [-0.25, -0.2) is 0 Å². The third-order valence-electron chi connectivity index (χ3n) is 3.70. The van der Waals surface area contributed by atoms with Crippen molar-refractivity contribution in [2.45, 2.75) is 32.9 Å². The molecule has 0 aliphatic carbocycles. The van der Waals surface area contributed by atoms with Gasteiger partial charge in [0.2, 0.25) is 0 Å². The second-order valence-electron chi connectivity index (χ2n) is 5.42. The summed E-state index contributed by atoms with van der Waals surface area (Å²) < 4.78 is 5.51. The van der Waals surface area contributed by atoms with E-state index in [0.717, 1.165) is 32.6 Å². The van der Waals surface area contributed by atoms with Crippen LogP contribution in [0.3, 0.4) is 0 Å². The second kappa shape index (κ2) is 7.62. The molecule has 1 aliphatic rings. The maximum Gasteiger partial charge on any atom is 0.0980 e. The zero-order valence-corrected chi connectivity index (χ0v) is 12.6. The van der Waals surface area contributed by atoms with Gasteiger partial charge in [-0.05, 0) is 37.1 Å². The third-order valence-corrected chi connectivity index (χ3v) is 3.70. The monoisotopic (exact) mass is 278 g/mol. The molecule has 0 saturated carbocycles. The molecule has 4 heteroatoms. The topological polar surface area (TPSA) is 44.7 Å². The average Bonchev–Trinajstić information content (AvgIpc) is 2.48. The van der Waals surface area contributed by atoms with Gasteiger partial charge >= 0.3 is 0 Å². The lowest BCUT2D eigenvalue weighted by Gasteiger charge is -2.34. The van der Waals surface area contributed by atoms with Gasteiger partial charge < -0.3 is 20.1 Å². The van der Waals surface area contributed by atoms with Crippen LogP contribution in [-0.4, -0.2) is 44.1 Å². The van der Waals surface area contributed by atoms with E-state index in [-0.39, 0.29) is 12.7 Å². The molecule has 20 heavy (non-hydrogen) atoms. The Labute approximate surface area is 121 Å². The highest BCUT2D eigenvalue weighted by Gasteiger charge is 2.20. The summed E-state index contributed by atoms with van der Waals surface area (Å²) in [6.45, 7) is 8.76. The van der Waals surface area contributed by atoms with Crippen LogP contribution in [0.5, 0.6) is 0 Å². The van der Waals surface area contributed by atoms with Gasteiger partial charge in [0.05, 0.1) is 19.3 Å². The first-order valence-corrected chi connectivity index (χ1v) is 7.52. The SMILES string of the molecule is CCCNCc1ccc(N2CCOC(CO)C2)c(C)c1. The van der Waals surface area contributed by atoms with Crippen LogP contribution in [0.2, 0.25) is 0 Å². The van der Waals surface area contributed by atoms with Gasteiger partial charge in [-0.2, -0.15) is 0 Å². The lowest BCUT2D eigenvalue weighted by molar-refractivity contribution is 0.00354. The van der Waals surface area contributed by atoms with Gasteiger partial charge in [-0.15, -0.1) is 0 Å². The predicted octanol–water partition coefficient (Wildman–Crippen LogP) is 1.69. The summed E-state index contributed by atoms with van der Waals surface area (Å²) in [5.41, 5.74) is 3.87. The predicted molar refractivity (Wildman–Crippen MR) is 82.2 cm³/mol. The molecule has 1 unspecified atom stereocenters. The van der Waals surface area contributed by atoms with Gasteiger partial charge in [0.25, 0.3) is 0 Å². The minimum Gasteiger partial charge on any atom is -0.394 e. The molecule has 0 amide bonds. The van der Waals surface area contributed by atoms with Crippen LogP contribution in [0.4, 0.5) is 5.69 Å². The number of aliphatic hydroxyl groups excluding tert-OH is 1. The van der Waals surface area contributed by atoms with Crippen molar-refractivity contribution in [1.29, 1.82) is 0 Å². The highest BCUT2D eigenvalue weighted by atomic mass is 16.5. The van der Waals surface area contributed by atoms with Gasteiger partial charge in [-0.1, -0.05) is 19.1 Å². The van der Waals surface area contributed by atoms with E-state index in [0.29, 0.717) is 6.61 Å². The van der Waals surface area contributed by atoms with E-state index >= 15 is 0 Å². The summed E-state index contributed by atoms with van der Waals surface area (Å²) in [5.74, 6) is 0. The average molecular weight is 278 g/mol. The van der Waals surface area contributed by atoms with Crippen LogP contribution in [0.1, 0.15) is 24.5 Å². The summed E-state index contributed by atoms with van der Waals surface area (Å²) >= 11 is 0. The maximum absolute atomic E-state index is 9.23. The molecular formula is C16H26N2O2. The zero-order valence-electron chi connectivity index (χ0n) is 12.6. The summed E-state index contributed by atoms with van der Waals surface area (Å²) in [6, 6.07) is 6.63. The zero-order chi connectivity index (χ0) is 14.4. The van der Waals surface area contributed by atoms with E-state index in [2.05, 4.69) is 42.3 Å². The highest BCUT2D eigenvalue weighted by Crippen LogP contribution is 2.23. The molecule has 0 radical (unpaired) electrons. The van der Waals surface area contributed by atoms with E-state index in [1.165, 1.54) is 16.8 Å². The van der Waals surface area contributed by atoms with Crippen molar-refractivity contribution in [3.63, 3.8) is 0 Å². The van der Waals surface area contributed by atoms with Crippen LogP contribution in [0, 0.1) is 6.92 Å². The van der Waals surface area contributed by atoms with Gasteiger partial charge in [-0.3, -0.25) is 0 Å². The Kier molecular flexibility index (Phi) is 5.83. The number of aryl methyl sites for hydroxylation is 1. The largest absolute Gasteiger partial charge is 0.394 e. The Morgan fingerprint density at radius 2 is 2.30 bits per heavy atom. The van der Waals surface area contributed by atoms with Crippen LogP contribution < -0.4 is 10.2 Å². The number of rotatable bonds is 6. The lowest BCUT2D eigenvalue weighted by Crippen LogP contribution is -2.44. The first kappa shape index (κ1) is 15.3. The van der Waals surface area contributed by atoms with Crippen molar-refractivity contribution < 1.29 is 9.84 Å². The second-order valence-corrected chi connectivity index (χ2v) is 5.42. The van der Waals surface area contributed by atoms with Crippen molar-refractivity contribution in [1.82, 2.24) is 5.32 Å². The Morgan fingerprint density at radius 1 is 1.45 bits per heavy atom. The molecule has 1 saturated heterocycles. The number of hydrogen-bond acceptors (Lipinski definition) is 4. The minimum atomic E-state index is -0.0611. The Balaban J connectivity index is 2.01. The van der Waals surface area contributed by atoms with Gasteiger partial charge in [0, 0.05) is 25.3 Å². The first-order chi connectivity index (χ1) is 9.74. The molecule has 1 aromatic rings. The molecule has 2 N–H and O–H groups in total. The van der Waals surface area contributed by atoms with Crippen molar-refractivity contribution in [3.8, 4) is 0 Å². The van der Waals surface area contributed by atoms with E-state index in [1.807, 2.05) is 0 Å². The normalized spacial score (nSPS) is 19.4. The number of nitrogens with one attached hydrogen (secondary N) is 1. The van der Waals surface area contributed by atoms with Crippen molar-refractivity contribution in [2.75, 3.05) is 37.7 Å². The number of benzene rings is 1. The van der Waals surface area contributed by atoms with E-state index in [1.54, 1.807) is 0 Å². The van der Waals surface area contributed by atoms with Crippen LogP contribution in [-0.2, 0) is 11.3 Å². The van der Waals surface area contributed by atoms with Crippen molar-refractivity contribution in [2.24, 2.45) is 0 Å². The summed E-state index contributed by atoms with van der Waals surface area (Å²) in [5, 5.41) is 12.7. The molecule has 112 valence electrons. The van der Waals surface area contributed by atoms with Crippen LogP contribution in [0.25, 0.3) is 0 Å². The fraction of sp³-hybridized carbons (Fsp3) is 0.625. The Bertz CT molecular complexity index is 423. The molecule has 0 aromatic heterocycles. The fourth-order valence-electron chi connectivity index (χ4n) is 2.64. The molecule has 0 bridgehead atoms. The number of nitrogens with zero attached hydrogens (tertiary/aromatic N) is 1. The van der Waals surface area contributed by atoms with Crippen LogP contribution >= 0.6 is 0 Å². The number of hydrogen-bond donors (Lipinski definition) is 2. The third kappa shape index (κ3) is 3.95.